The largest absolute Gasteiger partial charge is 0.298 e. The number of thioether (sulfide) groups is 1. The van der Waals surface area contributed by atoms with Gasteiger partial charge in [0.25, 0.3) is 0 Å². The number of hydrogen-bond acceptors (Lipinski definition) is 4. The second kappa shape index (κ2) is 4.30. The predicted octanol–water partition coefficient (Wildman–Crippen LogP) is 3.58. The molecule has 0 aliphatic heterocycles. The van der Waals surface area contributed by atoms with Crippen molar-refractivity contribution >= 4 is 17.5 Å². The van der Waals surface area contributed by atoms with Crippen LogP contribution in [0.2, 0.25) is 0 Å². The molecule has 20 heavy (non-hydrogen) atoms. The molecular weight excluding hydrogens is 268 g/mol. The summed E-state index contributed by atoms with van der Waals surface area (Å²) in [6.07, 6.45) is 2.19. The minimum atomic E-state index is 0.0115. The molecule has 0 N–H and O–H groups in total. The van der Waals surface area contributed by atoms with Gasteiger partial charge in [-0.2, -0.15) is 0 Å². The quantitative estimate of drug-likeness (QED) is 0.781. The molecule has 2 saturated carbocycles. The van der Waals surface area contributed by atoms with Crippen molar-refractivity contribution in [3.8, 4) is 0 Å². The molecule has 3 nitrogen and oxygen atoms in total. The first-order valence-corrected chi connectivity index (χ1v) is 8.16. The molecule has 4 heteroatoms. The van der Waals surface area contributed by atoms with Gasteiger partial charge in [0.2, 0.25) is 0 Å². The van der Waals surface area contributed by atoms with Gasteiger partial charge < -0.3 is 0 Å². The zero-order chi connectivity index (χ0) is 14.7. The predicted molar refractivity (Wildman–Crippen MR) is 80.8 cm³/mol. The normalized spacial score (nSPS) is 34.8. The van der Waals surface area contributed by atoms with Crippen molar-refractivity contribution < 1.29 is 4.79 Å². The Balaban J connectivity index is 1.94. The van der Waals surface area contributed by atoms with Crippen molar-refractivity contribution in [2.24, 2.45) is 16.7 Å². The van der Waals surface area contributed by atoms with Crippen LogP contribution in [-0.4, -0.2) is 21.0 Å². The Morgan fingerprint density at radius 1 is 1.20 bits per heavy atom. The molecule has 0 unspecified atom stereocenters. The average Bonchev–Trinajstić information content (AvgIpc) is 2.62. The molecule has 2 bridgehead atoms. The summed E-state index contributed by atoms with van der Waals surface area (Å²) in [6, 6.07) is 1.97. The summed E-state index contributed by atoms with van der Waals surface area (Å²) < 4.78 is 0. The van der Waals surface area contributed by atoms with Crippen LogP contribution in [0.4, 0.5) is 0 Å². The highest BCUT2D eigenvalue weighted by Gasteiger charge is 2.66. The van der Waals surface area contributed by atoms with Crippen molar-refractivity contribution in [1.82, 2.24) is 9.97 Å². The number of nitrogens with zero attached hydrogens (tertiary/aromatic N) is 2. The van der Waals surface area contributed by atoms with Crippen LogP contribution >= 0.6 is 11.8 Å². The molecule has 0 amide bonds. The molecule has 0 aromatic carbocycles. The van der Waals surface area contributed by atoms with E-state index in [2.05, 4.69) is 30.7 Å². The fourth-order valence-corrected chi connectivity index (χ4v) is 5.59. The third-order valence-corrected chi connectivity index (χ3v) is 7.04. The van der Waals surface area contributed by atoms with Crippen molar-refractivity contribution in [3.05, 3.63) is 17.5 Å². The van der Waals surface area contributed by atoms with Gasteiger partial charge in [0.15, 0.2) is 5.16 Å². The topological polar surface area (TPSA) is 42.9 Å². The van der Waals surface area contributed by atoms with Gasteiger partial charge >= 0.3 is 0 Å². The maximum Gasteiger partial charge on any atom is 0.188 e. The average molecular weight is 290 g/mol. The number of rotatable bonds is 2. The summed E-state index contributed by atoms with van der Waals surface area (Å²) in [5.74, 6) is 0.632. The lowest BCUT2D eigenvalue weighted by Crippen LogP contribution is -2.35. The van der Waals surface area contributed by atoms with Crippen molar-refractivity contribution in [2.75, 3.05) is 0 Å². The molecule has 3 atom stereocenters. The Bertz CT molecular complexity index is 564. The third kappa shape index (κ3) is 1.77. The van der Waals surface area contributed by atoms with Gasteiger partial charge in [0, 0.05) is 17.3 Å². The summed E-state index contributed by atoms with van der Waals surface area (Å²) in [7, 11) is 0. The molecule has 0 saturated heterocycles. The van der Waals surface area contributed by atoms with Crippen LogP contribution in [0, 0.1) is 30.6 Å². The van der Waals surface area contributed by atoms with E-state index in [1.165, 1.54) is 0 Å². The lowest BCUT2D eigenvalue weighted by molar-refractivity contribution is -0.122. The highest BCUT2D eigenvalue weighted by Crippen LogP contribution is 2.67. The van der Waals surface area contributed by atoms with Crippen LogP contribution in [0.15, 0.2) is 11.2 Å². The number of carbonyl (C=O) groups excluding carboxylic acids is 1. The monoisotopic (exact) mass is 290 g/mol. The molecule has 2 aliphatic rings. The van der Waals surface area contributed by atoms with Crippen LogP contribution in [0.3, 0.4) is 0 Å². The molecule has 0 spiro atoms. The molecule has 1 aromatic rings. The zero-order valence-electron chi connectivity index (χ0n) is 12.9. The summed E-state index contributed by atoms with van der Waals surface area (Å²) in [5.41, 5.74) is 2.11. The first-order valence-electron chi connectivity index (χ1n) is 7.28. The van der Waals surface area contributed by atoms with E-state index in [-0.39, 0.29) is 22.0 Å². The molecule has 1 aromatic heterocycles. The van der Waals surface area contributed by atoms with Gasteiger partial charge in [-0.25, -0.2) is 9.97 Å². The van der Waals surface area contributed by atoms with Crippen molar-refractivity contribution in [2.45, 2.75) is 57.9 Å². The first-order chi connectivity index (χ1) is 9.25. The van der Waals surface area contributed by atoms with E-state index in [4.69, 9.17) is 0 Å². The smallest absolute Gasteiger partial charge is 0.188 e. The number of fused-ring (bicyclic) bond motifs is 2. The number of ketones is 1. The highest BCUT2D eigenvalue weighted by atomic mass is 32.2. The summed E-state index contributed by atoms with van der Waals surface area (Å²) in [4.78, 5) is 21.7. The number of hydrogen-bond donors (Lipinski definition) is 0. The Hall–Kier alpha value is -0.900. The molecule has 0 radical (unpaired) electrons. The van der Waals surface area contributed by atoms with E-state index >= 15 is 0 Å². The van der Waals surface area contributed by atoms with Crippen LogP contribution in [0.5, 0.6) is 0 Å². The Morgan fingerprint density at radius 2 is 1.80 bits per heavy atom. The minimum Gasteiger partial charge on any atom is -0.298 e. The van der Waals surface area contributed by atoms with Gasteiger partial charge in [-0.15, -0.1) is 0 Å². The van der Waals surface area contributed by atoms with E-state index in [9.17, 15) is 4.79 Å². The third-order valence-electron chi connectivity index (χ3n) is 5.66. The fraction of sp³-hybridized carbons (Fsp3) is 0.688. The maximum absolute atomic E-state index is 12.7. The number of aryl methyl sites for hydroxylation is 2. The molecule has 108 valence electrons. The first kappa shape index (κ1) is 14.1. The summed E-state index contributed by atoms with van der Waals surface area (Å²) >= 11 is 1.58. The number of carbonyl (C=O) groups is 1. The Kier molecular flexibility index (Phi) is 3.02. The zero-order valence-corrected chi connectivity index (χ0v) is 13.7. The Morgan fingerprint density at radius 3 is 2.30 bits per heavy atom. The summed E-state index contributed by atoms with van der Waals surface area (Å²) in [6.45, 7) is 10.7. The number of aromatic nitrogens is 2. The van der Waals surface area contributed by atoms with E-state index in [0.29, 0.717) is 5.78 Å². The Labute approximate surface area is 125 Å². The van der Waals surface area contributed by atoms with Gasteiger partial charge in [-0.1, -0.05) is 32.5 Å². The van der Waals surface area contributed by atoms with Crippen LogP contribution in [0.25, 0.3) is 0 Å². The molecule has 1 heterocycles. The second-order valence-electron chi connectivity index (χ2n) is 7.06. The van der Waals surface area contributed by atoms with Gasteiger partial charge in [-0.3, -0.25) is 4.79 Å². The lowest BCUT2D eigenvalue weighted by atomic mass is 9.71. The van der Waals surface area contributed by atoms with Crippen LogP contribution in [0.1, 0.15) is 45.0 Å². The van der Waals surface area contributed by atoms with E-state index in [1.807, 2.05) is 19.9 Å². The van der Waals surface area contributed by atoms with Crippen molar-refractivity contribution in [1.29, 1.82) is 0 Å². The second-order valence-corrected chi connectivity index (χ2v) is 8.14. The van der Waals surface area contributed by atoms with E-state index in [0.717, 1.165) is 29.4 Å². The standard InChI is InChI=1S/C16H22N2OS/c1-9-8-10(2)18-14(17-9)20-13-12(19)11-6-7-16(13,5)15(11,3)4/h8,11,13H,6-7H2,1-5H3/t11-,13-,16-/m0/s1. The van der Waals surface area contributed by atoms with Gasteiger partial charge in [-0.05, 0) is 43.6 Å². The highest BCUT2D eigenvalue weighted by molar-refractivity contribution is 8.00. The van der Waals surface area contributed by atoms with Gasteiger partial charge in [0.05, 0.1) is 5.25 Å². The van der Waals surface area contributed by atoms with Gasteiger partial charge in [0.1, 0.15) is 5.78 Å². The molecular formula is C16H22N2OS. The minimum absolute atomic E-state index is 0.0115. The molecule has 2 fully saturated rings. The van der Waals surface area contributed by atoms with Crippen molar-refractivity contribution in [3.63, 3.8) is 0 Å². The van der Waals surface area contributed by atoms with Crippen LogP contribution < -0.4 is 0 Å². The SMILES string of the molecule is Cc1cc(C)nc(S[C@H]2C(=O)[C@@H]3CC[C@]2(C)C3(C)C)n1. The van der Waals surface area contributed by atoms with E-state index in [1.54, 1.807) is 11.8 Å². The van der Waals surface area contributed by atoms with Crippen LogP contribution in [-0.2, 0) is 4.79 Å². The van der Waals surface area contributed by atoms with E-state index < -0.39 is 0 Å². The lowest BCUT2D eigenvalue weighted by Gasteiger charge is -2.37. The number of Topliss-reactive ketones (excluding diaryl/α,β-unsaturated/α-hetero) is 1. The maximum atomic E-state index is 12.7. The molecule has 3 rings (SSSR count). The fourth-order valence-electron chi connectivity index (χ4n) is 4.03. The summed E-state index contributed by atoms with van der Waals surface area (Å²) in [5, 5.41) is 0.767. The molecule has 2 aliphatic carbocycles.